The molecule has 0 fully saturated rings. The Balaban J connectivity index is 2.01. The Labute approximate surface area is 160 Å². The van der Waals surface area contributed by atoms with Gasteiger partial charge in [-0.3, -0.25) is 0 Å². The fourth-order valence-corrected chi connectivity index (χ4v) is 4.31. The van der Waals surface area contributed by atoms with Crippen LogP contribution < -0.4 is 5.32 Å². The largest absolute Gasteiger partial charge is 0.387 e. The summed E-state index contributed by atoms with van der Waals surface area (Å²) in [6, 6.07) is 12.4. The molecule has 148 valence electrons. The molecule has 0 aliphatic heterocycles. The van der Waals surface area contributed by atoms with E-state index in [4.69, 9.17) is 0 Å². The number of hydrogen-bond donors (Lipinski definition) is 2. The van der Waals surface area contributed by atoms with Gasteiger partial charge in [-0.15, -0.1) is 0 Å². The van der Waals surface area contributed by atoms with E-state index in [1.807, 2.05) is 20.8 Å². The molecule has 0 aliphatic rings. The zero-order valence-corrected chi connectivity index (χ0v) is 16.7. The van der Waals surface area contributed by atoms with E-state index in [0.717, 1.165) is 5.56 Å². The van der Waals surface area contributed by atoms with E-state index < -0.39 is 16.1 Å². The molecule has 0 spiro atoms. The topological polar surface area (TPSA) is 69.6 Å². The van der Waals surface area contributed by atoms with Crippen LogP contribution in [-0.4, -0.2) is 37.5 Å². The Bertz CT molecular complexity index is 819. The van der Waals surface area contributed by atoms with Gasteiger partial charge in [-0.2, -0.15) is 4.31 Å². The summed E-state index contributed by atoms with van der Waals surface area (Å²) in [7, 11) is -3.47. The molecular weight excluding hydrogens is 367 g/mol. The maximum absolute atomic E-state index is 13.0. The lowest BCUT2D eigenvalue weighted by atomic mass is 10.1. The van der Waals surface area contributed by atoms with Crippen LogP contribution in [0.4, 0.5) is 4.39 Å². The maximum atomic E-state index is 13.0. The molecule has 0 saturated heterocycles. The molecule has 0 unspecified atom stereocenters. The molecule has 0 heterocycles. The summed E-state index contributed by atoms with van der Waals surface area (Å²) >= 11 is 0. The first-order chi connectivity index (χ1) is 12.8. The van der Waals surface area contributed by atoms with E-state index in [1.54, 1.807) is 36.4 Å². The van der Waals surface area contributed by atoms with Gasteiger partial charge in [-0.1, -0.05) is 38.1 Å². The Morgan fingerprint density at radius 1 is 1.00 bits per heavy atom. The van der Waals surface area contributed by atoms with Crippen molar-refractivity contribution < 1.29 is 17.9 Å². The number of halogens is 1. The first-order valence-electron chi connectivity index (χ1n) is 9.06. The Kier molecular flexibility index (Phi) is 7.49. The fourth-order valence-electron chi connectivity index (χ4n) is 2.85. The highest BCUT2D eigenvalue weighted by atomic mass is 32.2. The first-order valence-corrected chi connectivity index (χ1v) is 10.5. The molecule has 2 atom stereocenters. The van der Waals surface area contributed by atoms with Crippen molar-refractivity contribution in [3.05, 3.63) is 65.5 Å². The predicted molar refractivity (Wildman–Crippen MR) is 104 cm³/mol. The van der Waals surface area contributed by atoms with E-state index in [9.17, 15) is 17.9 Å². The van der Waals surface area contributed by atoms with Crippen LogP contribution in [0.3, 0.4) is 0 Å². The van der Waals surface area contributed by atoms with Crippen molar-refractivity contribution in [1.82, 2.24) is 9.62 Å². The molecular formula is C20H27FN2O3S. The van der Waals surface area contributed by atoms with Crippen molar-refractivity contribution in [3.8, 4) is 0 Å². The van der Waals surface area contributed by atoms with Gasteiger partial charge in [0.1, 0.15) is 5.82 Å². The molecule has 2 aromatic rings. The van der Waals surface area contributed by atoms with Gasteiger partial charge in [0.25, 0.3) is 0 Å². The zero-order valence-electron chi connectivity index (χ0n) is 15.9. The lowest BCUT2D eigenvalue weighted by Gasteiger charge is -2.20. The third-order valence-electron chi connectivity index (χ3n) is 4.60. The van der Waals surface area contributed by atoms with Gasteiger partial charge in [0.15, 0.2) is 0 Å². The second-order valence-corrected chi connectivity index (χ2v) is 8.29. The highest BCUT2D eigenvalue weighted by Gasteiger charge is 2.21. The number of nitrogens with zero attached hydrogens (tertiary/aromatic N) is 1. The van der Waals surface area contributed by atoms with Gasteiger partial charge in [0.05, 0.1) is 11.0 Å². The van der Waals surface area contributed by atoms with Gasteiger partial charge in [-0.05, 0) is 42.3 Å². The van der Waals surface area contributed by atoms with Crippen LogP contribution in [0.15, 0.2) is 53.4 Å². The highest BCUT2D eigenvalue weighted by Crippen LogP contribution is 2.20. The minimum Gasteiger partial charge on any atom is -0.387 e. The fraction of sp³-hybridized carbons (Fsp3) is 0.400. The number of benzene rings is 2. The van der Waals surface area contributed by atoms with E-state index >= 15 is 0 Å². The van der Waals surface area contributed by atoms with Gasteiger partial charge in [0, 0.05) is 25.7 Å². The lowest BCUT2D eigenvalue weighted by Crippen LogP contribution is -2.30. The second-order valence-electron chi connectivity index (χ2n) is 6.36. The minimum atomic E-state index is -3.47. The third kappa shape index (κ3) is 5.35. The van der Waals surface area contributed by atoms with Crippen LogP contribution >= 0.6 is 0 Å². The SMILES string of the molecule is CCN(CC)S(=O)(=O)c1ccc([C@H](C)NC[C@H](O)c2ccc(F)cc2)cc1. The molecule has 0 radical (unpaired) electrons. The Hall–Kier alpha value is -1.80. The monoisotopic (exact) mass is 394 g/mol. The summed E-state index contributed by atoms with van der Waals surface area (Å²) < 4.78 is 39.4. The second kappa shape index (κ2) is 9.41. The average Bonchev–Trinajstić information content (AvgIpc) is 2.67. The quantitative estimate of drug-likeness (QED) is 0.685. The van der Waals surface area contributed by atoms with Crippen molar-refractivity contribution in [2.24, 2.45) is 0 Å². The molecule has 27 heavy (non-hydrogen) atoms. The van der Waals surface area contributed by atoms with E-state index in [0.29, 0.717) is 25.2 Å². The van der Waals surface area contributed by atoms with Crippen LogP contribution in [0.2, 0.25) is 0 Å². The molecule has 0 bridgehead atoms. The van der Waals surface area contributed by atoms with Gasteiger partial charge < -0.3 is 10.4 Å². The maximum Gasteiger partial charge on any atom is 0.243 e. The third-order valence-corrected chi connectivity index (χ3v) is 6.66. The molecule has 2 N–H and O–H groups in total. The average molecular weight is 395 g/mol. The van der Waals surface area contributed by atoms with E-state index in [-0.39, 0.29) is 16.8 Å². The number of sulfonamides is 1. The number of hydrogen-bond acceptors (Lipinski definition) is 4. The zero-order chi connectivity index (χ0) is 20.0. The highest BCUT2D eigenvalue weighted by molar-refractivity contribution is 7.89. The van der Waals surface area contributed by atoms with Crippen LogP contribution in [0.25, 0.3) is 0 Å². The number of rotatable bonds is 9. The number of aliphatic hydroxyl groups excluding tert-OH is 1. The molecule has 0 amide bonds. The molecule has 2 aromatic carbocycles. The first kappa shape index (κ1) is 21.5. The summed E-state index contributed by atoms with van der Waals surface area (Å²) in [6.07, 6.45) is -0.754. The molecule has 0 aliphatic carbocycles. The van der Waals surface area contributed by atoms with Crippen molar-refractivity contribution in [2.75, 3.05) is 19.6 Å². The lowest BCUT2D eigenvalue weighted by molar-refractivity contribution is 0.170. The van der Waals surface area contributed by atoms with Crippen LogP contribution in [0.5, 0.6) is 0 Å². The Morgan fingerprint density at radius 3 is 2.04 bits per heavy atom. The number of nitrogens with one attached hydrogen (secondary N) is 1. The van der Waals surface area contributed by atoms with Crippen molar-refractivity contribution in [2.45, 2.75) is 37.8 Å². The van der Waals surface area contributed by atoms with E-state index in [2.05, 4.69) is 5.32 Å². The van der Waals surface area contributed by atoms with Crippen LogP contribution in [0, 0.1) is 5.82 Å². The summed E-state index contributed by atoms with van der Waals surface area (Å²) in [5, 5.41) is 13.4. The molecule has 2 rings (SSSR count). The van der Waals surface area contributed by atoms with Crippen molar-refractivity contribution in [1.29, 1.82) is 0 Å². The molecule has 5 nitrogen and oxygen atoms in total. The summed E-state index contributed by atoms with van der Waals surface area (Å²) in [6.45, 7) is 6.72. The van der Waals surface area contributed by atoms with Crippen LogP contribution in [-0.2, 0) is 10.0 Å². The number of aliphatic hydroxyl groups is 1. The van der Waals surface area contributed by atoms with Gasteiger partial charge in [-0.25, -0.2) is 12.8 Å². The Morgan fingerprint density at radius 2 is 1.52 bits per heavy atom. The van der Waals surface area contributed by atoms with Gasteiger partial charge in [0.2, 0.25) is 10.0 Å². The summed E-state index contributed by atoms with van der Waals surface area (Å²) in [5.41, 5.74) is 1.55. The smallest absolute Gasteiger partial charge is 0.243 e. The minimum absolute atomic E-state index is 0.0784. The van der Waals surface area contributed by atoms with E-state index in [1.165, 1.54) is 16.4 Å². The predicted octanol–water partition coefficient (Wildman–Crippen LogP) is 3.24. The standard InChI is InChI=1S/C20H27FN2O3S/c1-4-23(5-2)27(25,26)19-12-8-16(9-13-19)15(3)22-14-20(24)17-6-10-18(21)11-7-17/h6-13,15,20,22,24H,4-5,14H2,1-3H3/t15-,20-/m0/s1. The van der Waals surface area contributed by atoms with Crippen LogP contribution in [0.1, 0.15) is 44.0 Å². The normalized spacial score (nSPS) is 14.3. The molecule has 0 aromatic heterocycles. The van der Waals surface area contributed by atoms with Gasteiger partial charge >= 0.3 is 0 Å². The van der Waals surface area contributed by atoms with Crippen molar-refractivity contribution >= 4 is 10.0 Å². The molecule has 0 saturated carbocycles. The summed E-state index contributed by atoms with van der Waals surface area (Å²) in [4.78, 5) is 0.272. The van der Waals surface area contributed by atoms with Crippen molar-refractivity contribution in [3.63, 3.8) is 0 Å². The summed E-state index contributed by atoms with van der Waals surface area (Å²) in [5.74, 6) is -0.341. The molecule has 7 heteroatoms.